The van der Waals surface area contributed by atoms with Gasteiger partial charge < -0.3 is 5.73 Å². The molecule has 1 aromatic heterocycles. The molecular formula is C31H50F2N2O. The minimum atomic E-state index is -2.44. The number of amides is 1. The molecule has 3 aliphatic carbocycles. The van der Waals surface area contributed by atoms with Crippen LogP contribution in [0.4, 0.5) is 8.78 Å². The smallest absolute Gasteiger partial charge is 0.267 e. The van der Waals surface area contributed by atoms with E-state index in [1.807, 2.05) is 40.7 Å². The molecule has 1 heterocycles. The highest BCUT2D eigenvalue weighted by molar-refractivity contribution is 5.97. The van der Waals surface area contributed by atoms with E-state index in [0.29, 0.717) is 17.8 Å². The first-order valence-electron chi connectivity index (χ1n) is 13.7. The topological polar surface area (TPSA) is 56.0 Å². The number of pyridine rings is 1. The maximum absolute atomic E-state index is 13.8. The summed E-state index contributed by atoms with van der Waals surface area (Å²) in [6.45, 7) is 16.3. The molecule has 0 aromatic carbocycles. The number of nitrogens with two attached hydrogens (primary N) is 1. The standard InChI is InChI=1S/C26H34F2N2O.2C2H6.CH4/c1-15-8-9-30-24(25(29)31)23(15)17(3)10-16(2)21-6-4-5-7-22(21)18-11-19-13-26(27,28)14-20(19)12-18;2*1-2;/h8-10,18-22H,3-7,11-14H2,1-2H3,(H2,29,31);2*1-2H3;1H4/b16-10+;;;. The van der Waals surface area contributed by atoms with Crippen LogP contribution in [0.5, 0.6) is 0 Å². The number of halogens is 2. The maximum atomic E-state index is 13.8. The summed E-state index contributed by atoms with van der Waals surface area (Å²) in [6.07, 6.45) is 10.6. The summed E-state index contributed by atoms with van der Waals surface area (Å²) < 4.78 is 27.6. The van der Waals surface area contributed by atoms with E-state index in [-0.39, 0.29) is 37.8 Å². The number of aryl methyl sites for hydroxylation is 1. The van der Waals surface area contributed by atoms with E-state index in [1.165, 1.54) is 24.8 Å². The van der Waals surface area contributed by atoms with E-state index < -0.39 is 11.8 Å². The van der Waals surface area contributed by atoms with Crippen molar-refractivity contribution in [2.75, 3.05) is 0 Å². The first kappa shape index (κ1) is 32.0. The lowest BCUT2D eigenvalue weighted by Gasteiger charge is -2.37. The molecule has 1 amide bonds. The van der Waals surface area contributed by atoms with E-state index in [4.69, 9.17) is 5.73 Å². The Morgan fingerprint density at radius 3 is 2.19 bits per heavy atom. The summed E-state index contributed by atoms with van der Waals surface area (Å²) in [5.74, 6) is -1.02. The van der Waals surface area contributed by atoms with Gasteiger partial charge in [0.05, 0.1) is 0 Å². The highest BCUT2D eigenvalue weighted by atomic mass is 19.3. The van der Waals surface area contributed by atoms with Gasteiger partial charge in [0.25, 0.3) is 5.91 Å². The van der Waals surface area contributed by atoms with Crippen molar-refractivity contribution in [3.05, 3.63) is 47.3 Å². The van der Waals surface area contributed by atoms with Crippen molar-refractivity contribution in [3.63, 3.8) is 0 Å². The van der Waals surface area contributed by atoms with Gasteiger partial charge in [-0.3, -0.25) is 9.78 Å². The minimum Gasteiger partial charge on any atom is -0.364 e. The molecule has 0 spiro atoms. The van der Waals surface area contributed by atoms with Crippen LogP contribution >= 0.6 is 0 Å². The molecule has 5 heteroatoms. The third-order valence-electron chi connectivity index (χ3n) is 8.12. The van der Waals surface area contributed by atoms with Gasteiger partial charge in [0.1, 0.15) is 5.69 Å². The van der Waals surface area contributed by atoms with Crippen LogP contribution in [-0.2, 0) is 0 Å². The molecule has 36 heavy (non-hydrogen) atoms. The van der Waals surface area contributed by atoms with E-state index in [9.17, 15) is 13.6 Å². The number of hydrogen-bond donors (Lipinski definition) is 1. The van der Waals surface area contributed by atoms with Crippen molar-refractivity contribution < 1.29 is 13.6 Å². The molecule has 0 radical (unpaired) electrons. The first-order chi connectivity index (χ1) is 16.7. The highest BCUT2D eigenvalue weighted by Gasteiger charge is 2.52. The summed E-state index contributed by atoms with van der Waals surface area (Å²) in [5.41, 5.74) is 9.51. The molecule has 4 unspecified atom stereocenters. The molecule has 3 saturated carbocycles. The average molecular weight is 505 g/mol. The molecule has 0 bridgehead atoms. The minimum absolute atomic E-state index is 0. The van der Waals surface area contributed by atoms with Crippen LogP contribution in [-0.4, -0.2) is 16.8 Å². The molecule has 4 rings (SSSR count). The number of carbonyl (C=O) groups excluding carboxylic acids is 1. The molecular weight excluding hydrogens is 454 g/mol. The van der Waals surface area contributed by atoms with Crippen molar-refractivity contribution >= 4 is 11.5 Å². The van der Waals surface area contributed by atoms with Crippen LogP contribution in [0.1, 0.15) is 115 Å². The average Bonchev–Trinajstić information content (AvgIpc) is 3.34. The summed E-state index contributed by atoms with van der Waals surface area (Å²) in [6, 6.07) is 1.87. The predicted octanol–water partition coefficient (Wildman–Crippen LogP) is 9.01. The Bertz CT molecular complexity index is 892. The predicted molar refractivity (Wildman–Crippen MR) is 149 cm³/mol. The first-order valence-corrected chi connectivity index (χ1v) is 13.7. The number of nitrogens with zero attached hydrogens (tertiary/aromatic N) is 1. The molecule has 2 N–H and O–H groups in total. The molecule has 3 aliphatic rings. The van der Waals surface area contributed by atoms with Gasteiger partial charge in [-0.25, -0.2) is 8.78 Å². The summed E-state index contributed by atoms with van der Waals surface area (Å²) >= 11 is 0. The fraction of sp³-hybridized carbons (Fsp3) is 0.677. The molecule has 3 fully saturated rings. The normalized spacial score (nSPS) is 28.4. The Morgan fingerprint density at radius 2 is 1.64 bits per heavy atom. The lowest BCUT2D eigenvalue weighted by atomic mass is 9.68. The number of allylic oxidation sites excluding steroid dienone is 3. The van der Waals surface area contributed by atoms with E-state index in [0.717, 1.165) is 36.0 Å². The van der Waals surface area contributed by atoms with Crippen LogP contribution in [0.15, 0.2) is 30.5 Å². The number of primary amides is 1. The van der Waals surface area contributed by atoms with Crippen LogP contribution < -0.4 is 5.73 Å². The lowest BCUT2D eigenvalue weighted by molar-refractivity contribution is -0.00302. The highest BCUT2D eigenvalue weighted by Crippen LogP contribution is 2.57. The van der Waals surface area contributed by atoms with Gasteiger partial charge in [0.2, 0.25) is 5.92 Å². The van der Waals surface area contributed by atoms with Gasteiger partial charge in [-0.05, 0) is 86.3 Å². The Kier molecular flexibility index (Phi) is 12.5. The van der Waals surface area contributed by atoms with Crippen LogP contribution in [0.2, 0.25) is 0 Å². The maximum Gasteiger partial charge on any atom is 0.267 e. The molecule has 0 saturated heterocycles. The summed E-state index contributed by atoms with van der Waals surface area (Å²) in [4.78, 5) is 16.1. The summed E-state index contributed by atoms with van der Waals surface area (Å²) in [5, 5.41) is 0. The van der Waals surface area contributed by atoms with Crippen molar-refractivity contribution in [2.45, 2.75) is 106 Å². The number of carbonyl (C=O) groups is 1. The van der Waals surface area contributed by atoms with Crippen molar-refractivity contribution in [1.82, 2.24) is 4.98 Å². The van der Waals surface area contributed by atoms with Crippen molar-refractivity contribution in [3.8, 4) is 0 Å². The summed E-state index contributed by atoms with van der Waals surface area (Å²) in [7, 11) is 0. The number of alkyl halides is 2. The second-order valence-corrected chi connectivity index (χ2v) is 10.2. The van der Waals surface area contributed by atoms with E-state index >= 15 is 0 Å². The second-order valence-electron chi connectivity index (χ2n) is 10.2. The van der Waals surface area contributed by atoms with Gasteiger partial charge in [-0.2, -0.15) is 0 Å². The van der Waals surface area contributed by atoms with Gasteiger partial charge in [-0.15, -0.1) is 0 Å². The number of fused-ring (bicyclic) bond motifs is 1. The Morgan fingerprint density at radius 1 is 1.08 bits per heavy atom. The second kappa shape index (κ2) is 14.0. The third-order valence-corrected chi connectivity index (χ3v) is 8.12. The molecule has 1 aromatic rings. The van der Waals surface area contributed by atoms with Gasteiger partial charge in [-0.1, -0.05) is 66.2 Å². The van der Waals surface area contributed by atoms with Crippen LogP contribution in [0.3, 0.4) is 0 Å². The SMILES string of the molecule is C.C=C(/C=C(\C)C1CCCCC1C1CC2CC(F)(F)CC2C1)c1c(C)ccnc1C(N)=O.CC.CC. The number of rotatable bonds is 5. The molecule has 3 nitrogen and oxygen atoms in total. The fourth-order valence-corrected chi connectivity index (χ4v) is 6.85. The zero-order valence-corrected chi connectivity index (χ0v) is 22.7. The lowest BCUT2D eigenvalue weighted by Crippen LogP contribution is -2.27. The van der Waals surface area contributed by atoms with Gasteiger partial charge in [0.15, 0.2) is 0 Å². The van der Waals surface area contributed by atoms with Crippen LogP contribution in [0.25, 0.3) is 5.57 Å². The number of aromatic nitrogens is 1. The van der Waals surface area contributed by atoms with Gasteiger partial charge in [0, 0.05) is 24.6 Å². The molecule has 4 atom stereocenters. The van der Waals surface area contributed by atoms with E-state index in [2.05, 4.69) is 24.6 Å². The molecule has 0 aliphatic heterocycles. The van der Waals surface area contributed by atoms with Crippen molar-refractivity contribution in [1.29, 1.82) is 0 Å². The monoisotopic (exact) mass is 504 g/mol. The van der Waals surface area contributed by atoms with E-state index in [1.54, 1.807) is 6.20 Å². The zero-order chi connectivity index (χ0) is 26.3. The van der Waals surface area contributed by atoms with Crippen molar-refractivity contribution in [2.24, 2.45) is 35.3 Å². The van der Waals surface area contributed by atoms with Crippen LogP contribution in [0, 0.1) is 36.5 Å². The van der Waals surface area contributed by atoms with Gasteiger partial charge >= 0.3 is 0 Å². The Hall–Kier alpha value is -2.04. The Balaban J connectivity index is 0.00000123. The Labute approximate surface area is 219 Å². The largest absolute Gasteiger partial charge is 0.364 e. The third kappa shape index (κ3) is 7.26. The quantitative estimate of drug-likeness (QED) is 0.407. The zero-order valence-electron chi connectivity index (χ0n) is 22.7. The molecule has 204 valence electrons. The number of hydrogen-bond acceptors (Lipinski definition) is 2. The fourth-order valence-electron chi connectivity index (χ4n) is 6.85.